The molecule has 0 saturated carbocycles. The average Bonchev–Trinajstić information content (AvgIpc) is 3.07. The van der Waals surface area contributed by atoms with Gasteiger partial charge in [-0.05, 0) is 78.1 Å². The largest absolute Gasteiger partial charge is 0.493 e. The Morgan fingerprint density at radius 1 is 0.886 bits per heavy atom. The van der Waals surface area contributed by atoms with Crippen LogP contribution in [0, 0.1) is 5.92 Å². The summed E-state index contributed by atoms with van der Waals surface area (Å²) >= 11 is 7.99. The predicted molar refractivity (Wildman–Crippen MR) is 176 cm³/mol. The molecule has 0 radical (unpaired) electrons. The van der Waals surface area contributed by atoms with E-state index in [9.17, 15) is 4.79 Å². The van der Waals surface area contributed by atoms with Crippen molar-refractivity contribution in [1.82, 2.24) is 14.9 Å². The van der Waals surface area contributed by atoms with Crippen LogP contribution in [0.25, 0.3) is 0 Å². The first kappa shape index (κ1) is 30.3. The molecule has 2 aliphatic rings. The van der Waals surface area contributed by atoms with Crippen LogP contribution in [-0.4, -0.2) is 54.6 Å². The van der Waals surface area contributed by atoms with Gasteiger partial charge < -0.3 is 19.3 Å². The number of methoxy groups -OCH3 is 2. The van der Waals surface area contributed by atoms with Gasteiger partial charge in [-0.3, -0.25) is 4.79 Å². The zero-order valence-corrected chi connectivity index (χ0v) is 26.7. The van der Waals surface area contributed by atoms with Crippen LogP contribution in [0.4, 0.5) is 5.82 Å². The highest BCUT2D eigenvalue weighted by molar-refractivity contribution is 7.98. The van der Waals surface area contributed by atoms with Crippen molar-refractivity contribution in [3.05, 3.63) is 106 Å². The highest BCUT2D eigenvalue weighted by atomic mass is 35.5. The van der Waals surface area contributed by atoms with E-state index in [1.807, 2.05) is 41.3 Å². The van der Waals surface area contributed by atoms with Crippen LogP contribution < -0.4 is 14.4 Å². The Morgan fingerprint density at radius 3 is 2.30 bits per heavy atom. The Hall–Kier alpha value is -3.75. The Balaban J connectivity index is 1.04. The number of likely N-dealkylation sites (tertiary alicyclic amines) is 1. The summed E-state index contributed by atoms with van der Waals surface area (Å²) in [4.78, 5) is 26.7. The van der Waals surface area contributed by atoms with Crippen LogP contribution in [0.15, 0.2) is 78.0 Å². The van der Waals surface area contributed by atoms with Crippen molar-refractivity contribution in [3.8, 4) is 11.5 Å². The van der Waals surface area contributed by atoms with Crippen LogP contribution >= 0.6 is 23.4 Å². The third-order valence-electron chi connectivity index (χ3n) is 8.54. The molecule has 228 valence electrons. The van der Waals surface area contributed by atoms with Gasteiger partial charge in [-0.2, -0.15) is 0 Å². The average molecular weight is 629 g/mol. The maximum atomic E-state index is 13.2. The maximum Gasteiger partial charge on any atom is 0.253 e. The number of aromatic nitrogens is 2. The van der Waals surface area contributed by atoms with Crippen molar-refractivity contribution in [2.45, 2.75) is 43.1 Å². The fourth-order valence-electron chi connectivity index (χ4n) is 6.05. The standard InChI is InChI=1S/C35H37ClN4O3S/c1-42-30-19-28-14-17-40(22-29(28)20-31(30)43-2)33-21-32(36)37-35(38-33)44-23-26-8-10-27(11-9-26)34(41)39-15-12-25(13-16-39)18-24-6-4-3-5-7-24/h3-11,19-21,25H,12-18,22-23H2,1-2H3. The van der Waals surface area contributed by atoms with Crippen molar-refractivity contribution in [1.29, 1.82) is 0 Å². The first-order chi connectivity index (χ1) is 21.5. The van der Waals surface area contributed by atoms with E-state index in [1.165, 1.54) is 16.7 Å². The molecule has 0 aliphatic carbocycles. The second-order valence-corrected chi connectivity index (χ2v) is 12.7. The maximum absolute atomic E-state index is 13.2. The zero-order valence-electron chi connectivity index (χ0n) is 25.2. The highest BCUT2D eigenvalue weighted by Gasteiger charge is 2.24. The molecule has 0 atom stereocenters. The van der Waals surface area contributed by atoms with Gasteiger partial charge in [0, 0.05) is 43.6 Å². The van der Waals surface area contributed by atoms with E-state index in [4.69, 9.17) is 26.1 Å². The van der Waals surface area contributed by atoms with Gasteiger partial charge in [-0.25, -0.2) is 9.97 Å². The number of hydrogen-bond donors (Lipinski definition) is 0. The molecule has 1 aromatic heterocycles. The molecule has 2 aliphatic heterocycles. The topological polar surface area (TPSA) is 67.8 Å². The minimum Gasteiger partial charge on any atom is -0.493 e. The summed E-state index contributed by atoms with van der Waals surface area (Å²) in [6.07, 6.45) is 4.05. The van der Waals surface area contributed by atoms with Crippen LogP contribution in [0.3, 0.4) is 0 Å². The summed E-state index contributed by atoms with van der Waals surface area (Å²) < 4.78 is 11.0. The minimum absolute atomic E-state index is 0.115. The highest BCUT2D eigenvalue weighted by Crippen LogP contribution is 2.35. The van der Waals surface area contributed by atoms with Crippen molar-refractivity contribution in [3.63, 3.8) is 0 Å². The number of piperidine rings is 1. The summed E-state index contributed by atoms with van der Waals surface area (Å²) in [5.74, 6) is 3.71. The fourth-order valence-corrected chi connectivity index (χ4v) is 7.09. The lowest BCUT2D eigenvalue weighted by molar-refractivity contribution is 0.0690. The zero-order chi connectivity index (χ0) is 30.5. The summed E-state index contributed by atoms with van der Waals surface area (Å²) in [6.45, 7) is 3.15. The molecule has 0 unspecified atom stereocenters. The van der Waals surface area contributed by atoms with Crippen LogP contribution in [0.1, 0.15) is 45.5 Å². The summed E-state index contributed by atoms with van der Waals surface area (Å²) in [5, 5.41) is 1.05. The number of fused-ring (bicyclic) bond motifs is 1. The molecule has 0 N–H and O–H groups in total. The van der Waals surface area contributed by atoms with Gasteiger partial charge in [0.1, 0.15) is 11.0 Å². The molecule has 4 aromatic rings. The van der Waals surface area contributed by atoms with Gasteiger partial charge in [0.15, 0.2) is 16.7 Å². The molecule has 6 rings (SSSR count). The van der Waals surface area contributed by atoms with Crippen LogP contribution in [-0.2, 0) is 25.1 Å². The number of anilines is 1. The summed E-state index contributed by atoms with van der Waals surface area (Å²) in [6, 6.07) is 24.5. The SMILES string of the molecule is COc1cc2c(cc1OC)CN(c1cc(Cl)nc(SCc3ccc(C(=O)N4CCC(Cc5ccccc5)CC4)cc3)n1)CC2. The van der Waals surface area contributed by atoms with Gasteiger partial charge in [-0.15, -0.1) is 0 Å². The molecule has 1 fully saturated rings. The number of halogens is 1. The summed E-state index contributed by atoms with van der Waals surface area (Å²) in [7, 11) is 3.31. The van der Waals surface area contributed by atoms with E-state index >= 15 is 0 Å². The van der Waals surface area contributed by atoms with E-state index < -0.39 is 0 Å². The first-order valence-corrected chi connectivity index (χ1v) is 16.4. The lowest BCUT2D eigenvalue weighted by atomic mass is 9.90. The molecule has 7 nitrogen and oxygen atoms in total. The normalized spacial score (nSPS) is 15.2. The van der Waals surface area contributed by atoms with Gasteiger partial charge in [0.25, 0.3) is 5.91 Å². The van der Waals surface area contributed by atoms with Crippen LogP contribution in [0.5, 0.6) is 11.5 Å². The van der Waals surface area contributed by atoms with E-state index in [-0.39, 0.29) is 5.91 Å². The van der Waals surface area contributed by atoms with Gasteiger partial charge in [-0.1, -0.05) is 65.8 Å². The number of ether oxygens (including phenoxy) is 2. The molecule has 0 spiro atoms. The second-order valence-electron chi connectivity index (χ2n) is 11.4. The number of amides is 1. The lowest BCUT2D eigenvalue weighted by Crippen LogP contribution is -2.38. The van der Waals surface area contributed by atoms with Gasteiger partial charge in [0.2, 0.25) is 0 Å². The first-order valence-electron chi connectivity index (χ1n) is 15.1. The molecule has 3 aromatic carbocycles. The van der Waals surface area contributed by atoms with Crippen molar-refractivity contribution < 1.29 is 14.3 Å². The van der Waals surface area contributed by atoms with Crippen LogP contribution in [0.2, 0.25) is 5.15 Å². The van der Waals surface area contributed by atoms with Gasteiger partial charge in [0.05, 0.1) is 14.2 Å². The molecular weight excluding hydrogens is 592 g/mol. The smallest absolute Gasteiger partial charge is 0.253 e. The van der Waals surface area contributed by atoms with Crippen molar-refractivity contribution in [2.24, 2.45) is 5.92 Å². The number of thioether (sulfide) groups is 1. The lowest BCUT2D eigenvalue weighted by Gasteiger charge is -2.32. The molecular formula is C35H37ClN4O3S. The van der Waals surface area contributed by atoms with E-state index in [1.54, 1.807) is 26.0 Å². The molecule has 9 heteroatoms. The number of nitrogens with zero attached hydrogens (tertiary/aromatic N) is 4. The van der Waals surface area contributed by atoms with E-state index in [0.717, 1.165) is 73.8 Å². The fraction of sp³-hybridized carbons (Fsp3) is 0.343. The molecule has 0 bridgehead atoms. The Morgan fingerprint density at radius 2 is 1.59 bits per heavy atom. The number of rotatable bonds is 9. The number of carbonyl (C=O) groups excluding carboxylic acids is 1. The molecule has 3 heterocycles. The monoisotopic (exact) mass is 628 g/mol. The third-order valence-corrected chi connectivity index (χ3v) is 9.65. The van der Waals surface area contributed by atoms with Crippen molar-refractivity contribution in [2.75, 3.05) is 38.8 Å². The Kier molecular flexibility index (Phi) is 9.57. The third kappa shape index (κ3) is 7.13. The Bertz CT molecular complexity index is 1590. The second kappa shape index (κ2) is 13.9. The molecule has 1 saturated heterocycles. The molecule has 1 amide bonds. The number of carbonyl (C=O) groups is 1. The number of benzene rings is 3. The number of hydrogen-bond acceptors (Lipinski definition) is 7. The Labute approximate surface area is 268 Å². The predicted octanol–water partition coefficient (Wildman–Crippen LogP) is 7.10. The molecule has 44 heavy (non-hydrogen) atoms. The summed E-state index contributed by atoms with van der Waals surface area (Å²) in [5.41, 5.74) is 5.66. The van der Waals surface area contributed by atoms with E-state index in [0.29, 0.717) is 28.5 Å². The van der Waals surface area contributed by atoms with Gasteiger partial charge >= 0.3 is 0 Å². The minimum atomic E-state index is 0.115. The van der Waals surface area contributed by atoms with Crippen molar-refractivity contribution >= 4 is 35.1 Å². The quantitative estimate of drug-likeness (QED) is 0.111. The van der Waals surface area contributed by atoms with E-state index in [2.05, 4.69) is 46.3 Å².